The van der Waals surface area contributed by atoms with Crippen LogP contribution in [-0.2, 0) is 16.9 Å². The molecule has 2 rings (SSSR count). The van der Waals surface area contributed by atoms with E-state index < -0.39 is 16.4 Å². The van der Waals surface area contributed by atoms with Gasteiger partial charge in [-0.25, -0.2) is 4.79 Å². The summed E-state index contributed by atoms with van der Waals surface area (Å²) in [5.74, 6) is -1.41. The van der Waals surface area contributed by atoms with E-state index in [0.717, 1.165) is 17.5 Å². The zero-order chi connectivity index (χ0) is 17.2. The summed E-state index contributed by atoms with van der Waals surface area (Å²) in [5.41, 5.74) is -1.32. The standard InChI is InChI=1S/C13H14N4O5S/c1-13(2,16-7-8(5-15-16)17(21)22)12(20)14-6-9-3-4-10(23-9)11(18)19/h3-5,7H,6H2,1-2H3,(H,14,20)(H,18,19). The number of hydrogen-bond acceptors (Lipinski definition) is 6. The highest BCUT2D eigenvalue weighted by atomic mass is 32.1. The zero-order valence-electron chi connectivity index (χ0n) is 12.3. The lowest BCUT2D eigenvalue weighted by Crippen LogP contribution is -2.44. The Bertz CT molecular complexity index is 764. The summed E-state index contributed by atoms with van der Waals surface area (Å²) in [7, 11) is 0. The maximum atomic E-state index is 12.3. The first kappa shape index (κ1) is 16.6. The van der Waals surface area contributed by atoms with Crippen molar-refractivity contribution in [3.63, 3.8) is 0 Å². The fraction of sp³-hybridized carbons (Fsp3) is 0.308. The number of hydrogen-bond donors (Lipinski definition) is 2. The molecule has 0 bridgehead atoms. The highest BCUT2D eigenvalue weighted by Gasteiger charge is 2.31. The van der Waals surface area contributed by atoms with Crippen molar-refractivity contribution in [2.45, 2.75) is 25.9 Å². The Hall–Kier alpha value is -2.75. The van der Waals surface area contributed by atoms with Crippen LogP contribution in [0.15, 0.2) is 24.5 Å². The first-order valence-corrected chi connectivity index (χ1v) is 7.33. The fourth-order valence-electron chi connectivity index (χ4n) is 1.79. The maximum Gasteiger partial charge on any atom is 0.345 e. The Kier molecular flexibility index (Phi) is 4.45. The van der Waals surface area contributed by atoms with Gasteiger partial charge in [0.25, 0.3) is 0 Å². The van der Waals surface area contributed by atoms with E-state index in [2.05, 4.69) is 10.4 Å². The normalized spacial score (nSPS) is 11.2. The van der Waals surface area contributed by atoms with Gasteiger partial charge in [0.15, 0.2) is 0 Å². The number of amides is 1. The van der Waals surface area contributed by atoms with Crippen LogP contribution in [0.3, 0.4) is 0 Å². The number of rotatable bonds is 6. The van der Waals surface area contributed by atoms with Gasteiger partial charge in [0.05, 0.1) is 11.5 Å². The Balaban J connectivity index is 2.05. The third-order valence-corrected chi connectivity index (χ3v) is 4.28. The minimum atomic E-state index is -1.12. The zero-order valence-corrected chi connectivity index (χ0v) is 13.2. The predicted octanol–water partition coefficient (Wildman–Crippen LogP) is 1.60. The second-order valence-corrected chi connectivity index (χ2v) is 6.38. The van der Waals surface area contributed by atoms with Gasteiger partial charge < -0.3 is 10.4 Å². The molecule has 0 saturated heterocycles. The molecule has 2 N–H and O–H groups in total. The molecule has 0 unspecified atom stereocenters. The third kappa shape index (κ3) is 3.54. The van der Waals surface area contributed by atoms with Crippen LogP contribution in [0.4, 0.5) is 5.69 Å². The second-order valence-electron chi connectivity index (χ2n) is 5.21. The monoisotopic (exact) mass is 338 g/mol. The molecule has 10 heteroatoms. The maximum absolute atomic E-state index is 12.3. The van der Waals surface area contributed by atoms with Crippen LogP contribution in [0.1, 0.15) is 28.4 Å². The minimum absolute atomic E-state index is 0.170. The van der Waals surface area contributed by atoms with Gasteiger partial charge in [0, 0.05) is 4.88 Å². The van der Waals surface area contributed by atoms with E-state index in [0.29, 0.717) is 4.88 Å². The van der Waals surface area contributed by atoms with Gasteiger partial charge >= 0.3 is 11.7 Å². The summed E-state index contributed by atoms with van der Waals surface area (Å²) in [4.78, 5) is 34.1. The molecular formula is C13H14N4O5S. The molecule has 23 heavy (non-hydrogen) atoms. The quantitative estimate of drug-likeness (QED) is 0.608. The van der Waals surface area contributed by atoms with E-state index in [1.165, 1.54) is 16.9 Å². The van der Waals surface area contributed by atoms with E-state index >= 15 is 0 Å². The molecule has 2 heterocycles. The second kappa shape index (κ2) is 6.16. The van der Waals surface area contributed by atoms with Crippen LogP contribution in [0.25, 0.3) is 0 Å². The van der Waals surface area contributed by atoms with Crippen LogP contribution in [0.5, 0.6) is 0 Å². The van der Waals surface area contributed by atoms with Crippen molar-refractivity contribution in [1.82, 2.24) is 15.1 Å². The molecule has 0 aromatic carbocycles. The van der Waals surface area contributed by atoms with Crippen LogP contribution in [-0.4, -0.2) is 31.7 Å². The molecule has 1 amide bonds. The number of aromatic nitrogens is 2. The van der Waals surface area contributed by atoms with Crippen LogP contribution in [0, 0.1) is 10.1 Å². The van der Waals surface area contributed by atoms with E-state index in [1.807, 2.05) is 0 Å². The lowest BCUT2D eigenvalue weighted by Gasteiger charge is -2.23. The first-order valence-electron chi connectivity index (χ1n) is 6.51. The topological polar surface area (TPSA) is 127 Å². The Morgan fingerprint density at radius 2 is 2.17 bits per heavy atom. The van der Waals surface area contributed by atoms with E-state index in [1.54, 1.807) is 19.9 Å². The Morgan fingerprint density at radius 3 is 2.70 bits per heavy atom. The number of carboxylic acids is 1. The average molecular weight is 338 g/mol. The van der Waals surface area contributed by atoms with Crippen molar-refractivity contribution < 1.29 is 19.6 Å². The number of nitro groups is 1. The smallest absolute Gasteiger partial charge is 0.345 e. The third-order valence-electron chi connectivity index (χ3n) is 3.20. The van der Waals surface area contributed by atoms with Gasteiger partial charge in [-0.3, -0.25) is 19.6 Å². The number of aromatic carboxylic acids is 1. The van der Waals surface area contributed by atoms with E-state index in [4.69, 9.17) is 5.11 Å². The molecule has 0 atom stereocenters. The van der Waals surface area contributed by atoms with Gasteiger partial charge in [-0.1, -0.05) is 0 Å². The largest absolute Gasteiger partial charge is 0.477 e. The Morgan fingerprint density at radius 1 is 1.48 bits per heavy atom. The van der Waals surface area contributed by atoms with E-state index in [9.17, 15) is 19.7 Å². The van der Waals surface area contributed by atoms with Crippen molar-refractivity contribution in [3.05, 3.63) is 44.4 Å². The molecule has 0 spiro atoms. The molecule has 122 valence electrons. The number of thiophene rings is 1. The number of nitrogens with one attached hydrogen (secondary N) is 1. The number of nitrogens with zero attached hydrogens (tertiary/aromatic N) is 3. The molecule has 0 aliphatic rings. The number of carbonyl (C=O) groups excluding carboxylic acids is 1. The number of carboxylic acid groups (broad SMARTS) is 1. The molecule has 2 aromatic rings. The van der Waals surface area contributed by atoms with Crippen LogP contribution in [0.2, 0.25) is 0 Å². The lowest BCUT2D eigenvalue weighted by atomic mass is 10.1. The summed E-state index contributed by atoms with van der Waals surface area (Å²) < 4.78 is 1.22. The molecule has 2 aromatic heterocycles. The summed E-state index contributed by atoms with van der Waals surface area (Å²) >= 11 is 1.07. The SMILES string of the molecule is CC(C)(C(=O)NCc1ccc(C(=O)O)s1)n1cc([N+](=O)[O-])cn1. The van der Waals surface area contributed by atoms with Gasteiger partial charge in [-0.2, -0.15) is 5.10 Å². The molecule has 0 aliphatic carbocycles. The first-order chi connectivity index (χ1) is 10.7. The predicted molar refractivity (Wildman–Crippen MR) is 81.3 cm³/mol. The van der Waals surface area contributed by atoms with Crippen molar-refractivity contribution in [3.8, 4) is 0 Å². The summed E-state index contributed by atoms with van der Waals surface area (Å²) in [5, 5.41) is 26.1. The van der Waals surface area contributed by atoms with Gasteiger partial charge in [0.2, 0.25) is 5.91 Å². The van der Waals surface area contributed by atoms with Crippen LogP contribution < -0.4 is 5.32 Å². The average Bonchev–Trinajstić information content (AvgIpc) is 3.13. The summed E-state index contributed by atoms with van der Waals surface area (Å²) in [6.07, 6.45) is 2.26. The van der Waals surface area contributed by atoms with Crippen molar-refractivity contribution in [1.29, 1.82) is 0 Å². The molecular weight excluding hydrogens is 324 g/mol. The van der Waals surface area contributed by atoms with Crippen molar-refractivity contribution >= 4 is 28.9 Å². The molecule has 0 radical (unpaired) electrons. The summed E-state index contributed by atoms with van der Waals surface area (Å²) in [6, 6.07) is 3.09. The molecule has 0 aliphatic heterocycles. The highest BCUT2D eigenvalue weighted by Crippen LogP contribution is 2.20. The van der Waals surface area contributed by atoms with E-state index in [-0.39, 0.29) is 23.0 Å². The Labute approximate surface area is 134 Å². The van der Waals surface area contributed by atoms with Gasteiger partial charge in [0.1, 0.15) is 22.8 Å². The minimum Gasteiger partial charge on any atom is -0.477 e. The van der Waals surface area contributed by atoms with Crippen molar-refractivity contribution in [2.24, 2.45) is 0 Å². The number of carbonyl (C=O) groups is 2. The van der Waals surface area contributed by atoms with Crippen molar-refractivity contribution in [2.75, 3.05) is 0 Å². The fourth-order valence-corrected chi connectivity index (χ4v) is 2.58. The van der Waals surface area contributed by atoms with Crippen LogP contribution >= 0.6 is 11.3 Å². The van der Waals surface area contributed by atoms with Gasteiger partial charge in [-0.15, -0.1) is 11.3 Å². The summed E-state index contributed by atoms with van der Waals surface area (Å²) in [6.45, 7) is 3.33. The van der Waals surface area contributed by atoms with Gasteiger partial charge in [-0.05, 0) is 26.0 Å². The molecule has 0 saturated carbocycles. The molecule has 0 fully saturated rings. The molecule has 9 nitrogen and oxygen atoms in total. The highest BCUT2D eigenvalue weighted by molar-refractivity contribution is 7.13. The lowest BCUT2D eigenvalue weighted by molar-refractivity contribution is -0.385.